The van der Waals surface area contributed by atoms with Crippen molar-refractivity contribution in [3.8, 4) is 0 Å². The molecule has 0 heterocycles. The van der Waals surface area contributed by atoms with E-state index in [1.54, 1.807) is 7.11 Å². The van der Waals surface area contributed by atoms with Crippen molar-refractivity contribution in [3.05, 3.63) is 0 Å². The van der Waals surface area contributed by atoms with Crippen LogP contribution in [0, 0.1) is 17.8 Å². The van der Waals surface area contributed by atoms with Gasteiger partial charge in [-0.25, -0.2) is 0 Å². The third-order valence-corrected chi connectivity index (χ3v) is 3.40. The summed E-state index contributed by atoms with van der Waals surface area (Å²) < 4.78 is 0. The van der Waals surface area contributed by atoms with Gasteiger partial charge >= 0.3 is 0 Å². The van der Waals surface area contributed by atoms with Crippen LogP contribution in [0.2, 0.25) is 0 Å². The molecule has 0 aromatic heterocycles. The van der Waals surface area contributed by atoms with Crippen LogP contribution in [0.4, 0.5) is 0 Å². The summed E-state index contributed by atoms with van der Waals surface area (Å²) in [6.45, 7) is 1.85. The van der Waals surface area contributed by atoms with Crippen LogP contribution in [0.25, 0.3) is 0 Å². The van der Waals surface area contributed by atoms with Gasteiger partial charge in [-0.2, -0.15) is 0 Å². The molecule has 0 spiro atoms. The van der Waals surface area contributed by atoms with Crippen LogP contribution in [0.15, 0.2) is 5.16 Å². The molecule has 74 valence electrons. The fourth-order valence-electron chi connectivity index (χ4n) is 2.64. The first-order chi connectivity index (χ1) is 6.22. The highest BCUT2D eigenvalue weighted by atomic mass is 16.6. The third-order valence-electron chi connectivity index (χ3n) is 3.40. The number of aliphatic hydroxyl groups excluding tert-OH is 1. The number of oxime groups is 1. The first-order valence-electron chi connectivity index (χ1n) is 5.01. The molecule has 0 saturated heterocycles. The van der Waals surface area contributed by atoms with Crippen LogP contribution < -0.4 is 0 Å². The molecule has 3 aliphatic carbocycles. The second-order valence-corrected chi connectivity index (χ2v) is 4.32. The van der Waals surface area contributed by atoms with E-state index < -0.39 is 0 Å². The molecule has 3 rings (SSSR count). The van der Waals surface area contributed by atoms with Gasteiger partial charge in [0.2, 0.25) is 0 Å². The van der Waals surface area contributed by atoms with Crippen molar-refractivity contribution in [3.63, 3.8) is 0 Å². The number of aliphatic hydroxyl groups is 1. The monoisotopic (exact) mass is 183 g/mol. The summed E-state index contributed by atoms with van der Waals surface area (Å²) in [5.41, 5.74) is 1.10. The summed E-state index contributed by atoms with van der Waals surface area (Å²) in [4.78, 5) is 4.83. The average Bonchev–Trinajstić information content (AvgIpc) is 2.02. The van der Waals surface area contributed by atoms with Gasteiger partial charge in [-0.15, -0.1) is 0 Å². The SMILES string of the molecule is CON=C1C2CC(C2)C[C@H]1C(C)O. The molecule has 0 radical (unpaired) electrons. The van der Waals surface area contributed by atoms with Gasteiger partial charge in [0.05, 0.1) is 11.8 Å². The maximum absolute atomic E-state index is 9.58. The van der Waals surface area contributed by atoms with E-state index in [-0.39, 0.29) is 12.0 Å². The van der Waals surface area contributed by atoms with Crippen LogP contribution in [-0.4, -0.2) is 24.0 Å². The Morgan fingerprint density at radius 2 is 2.15 bits per heavy atom. The highest BCUT2D eigenvalue weighted by Gasteiger charge is 2.45. The highest BCUT2D eigenvalue weighted by Crippen LogP contribution is 2.47. The molecule has 13 heavy (non-hydrogen) atoms. The summed E-state index contributed by atoms with van der Waals surface area (Å²) in [5, 5.41) is 13.6. The van der Waals surface area contributed by atoms with Gasteiger partial charge in [0.15, 0.2) is 0 Å². The smallest absolute Gasteiger partial charge is 0.106 e. The van der Waals surface area contributed by atoms with Gasteiger partial charge in [0, 0.05) is 11.8 Å². The topological polar surface area (TPSA) is 41.8 Å². The zero-order chi connectivity index (χ0) is 9.42. The van der Waals surface area contributed by atoms with Crippen molar-refractivity contribution in [1.29, 1.82) is 0 Å². The molecule has 2 atom stereocenters. The molecule has 3 heteroatoms. The second-order valence-electron chi connectivity index (χ2n) is 4.32. The maximum atomic E-state index is 9.58. The quantitative estimate of drug-likeness (QED) is 0.658. The lowest BCUT2D eigenvalue weighted by Crippen LogP contribution is -2.46. The molecular weight excluding hydrogens is 166 g/mol. The minimum Gasteiger partial charge on any atom is -0.399 e. The zero-order valence-electron chi connectivity index (χ0n) is 8.23. The second kappa shape index (κ2) is 3.29. The molecule has 0 aromatic rings. The predicted molar refractivity (Wildman–Crippen MR) is 50.4 cm³/mol. The van der Waals surface area contributed by atoms with Crippen molar-refractivity contribution < 1.29 is 9.94 Å². The molecule has 1 unspecified atom stereocenters. The van der Waals surface area contributed by atoms with E-state index >= 15 is 0 Å². The van der Waals surface area contributed by atoms with Crippen LogP contribution in [0.1, 0.15) is 26.2 Å². The normalized spacial score (nSPS) is 42.7. The van der Waals surface area contributed by atoms with Crippen molar-refractivity contribution in [2.75, 3.05) is 7.11 Å². The molecule has 3 fully saturated rings. The Morgan fingerprint density at radius 3 is 2.69 bits per heavy atom. The van der Waals surface area contributed by atoms with E-state index in [1.807, 2.05) is 6.92 Å². The molecular formula is C10H17NO2. The van der Waals surface area contributed by atoms with Gasteiger partial charge in [0.25, 0.3) is 0 Å². The van der Waals surface area contributed by atoms with Gasteiger partial charge in [0.1, 0.15) is 7.11 Å². The molecule has 3 aliphatic rings. The lowest BCUT2D eigenvalue weighted by Gasteiger charge is -2.46. The van der Waals surface area contributed by atoms with Crippen molar-refractivity contribution in [2.45, 2.75) is 32.3 Å². The van der Waals surface area contributed by atoms with E-state index in [0.717, 1.165) is 18.1 Å². The Bertz CT molecular complexity index is 219. The zero-order valence-corrected chi connectivity index (χ0v) is 8.23. The van der Waals surface area contributed by atoms with Crippen molar-refractivity contribution >= 4 is 5.71 Å². The Balaban J connectivity index is 2.13. The molecule has 0 amide bonds. The van der Waals surface area contributed by atoms with Gasteiger partial charge in [-0.3, -0.25) is 0 Å². The minimum atomic E-state index is -0.278. The maximum Gasteiger partial charge on any atom is 0.106 e. The summed E-state index contributed by atoms with van der Waals surface area (Å²) in [5.74, 6) is 1.68. The van der Waals surface area contributed by atoms with Crippen molar-refractivity contribution in [1.82, 2.24) is 0 Å². The summed E-state index contributed by atoms with van der Waals surface area (Å²) in [6.07, 6.45) is 3.33. The van der Waals surface area contributed by atoms with E-state index in [1.165, 1.54) is 12.8 Å². The van der Waals surface area contributed by atoms with E-state index in [4.69, 9.17) is 4.84 Å². The fraction of sp³-hybridized carbons (Fsp3) is 0.900. The van der Waals surface area contributed by atoms with Crippen LogP contribution in [0.5, 0.6) is 0 Å². The lowest BCUT2D eigenvalue weighted by molar-refractivity contribution is 0.0820. The molecule has 3 nitrogen and oxygen atoms in total. The molecule has 1 N–H and O–H groups in total. The van der Waals surface area contributed by atoms with Crippen molar-refractivity contribution in [2.24, 2.45) is 22.9 Å². The Labute approximate surface area is 78.8 Å². The average molecular weight is 183 g/mol. The van der Waals surface area contributed by atoms with E-state index in [9.17, 15) is 5.11 Å². The van der Waals surface area contributed by atoms with E-state index in [2.05, 4.69) is 5.16 Å². The van der Waals surface area contributed by atoms with Gasteiger partial charge in [-0.05, 0) is 32.1 Å². The fourth-order valence-corrected chi connectivity index (χ4v) is 2.64. The van der Waals surface area contributed by atoms with Gasteiger partial charge < -0.3 is 9.94 Å². The third kappa shape index (κ3) is 1.46. The number of rotatable bonds is 2. The molecule has 2 bridgehead atoms. The number of fused-ring (bicyclic) bond motifs is 2. The first kappa shape index (κ1) is 9.00. The Morgan fingerprint density at radius 1 is 1.46 bits per heavy atom. The summed E-state index contributed by atoms with van der Waals surface area (Å²) in [7, 11) is 1.58. The number of nitrogens with zero attached hydrogens (tertiary/aromatic N) is 1. The lowest BCUT2D eigenvalue weighted by atomic mass is 9.59. The molecule has 3 saturated carbocycles. The Kier molecular flexibility index (Phi) is 2.28. The molecule has 0 aromatic carbocycles. The molecule has 0 aliphatic heterocycles. The van der Waals surface area contributed by atoms with Gasteiger partial charge in [-0.1, -0.05) is 5.16 Å². The summed E-state index contributed by atoms with van der Waals surface area (Å²) in [6, 6.07) is 0. The van der Waals surface area contributed by atoms with Crippen LogP contribution >= 0.6 is 0 Å². The van der Waals surface area contributed by atoms with Crippen LogP contribution in [0.3, 0.4) is 0 Å². The standard InChI is InChI=1S/C10H17NO2/c1-6(12)9-5-7-3-8(4-7)10(9)11-13-2/h6-9,12H,3-5H2,1-2H3/t6?,7?,8?,9-/m0/s1. The largest absolute Gasteiger partial charge is 0.399 e. The number of hydrogen-bond acceptors (Lipinski definition) is 3. The van der Waals surface area contributed by atoms with Crippen LogP contribution in [-0.2, 0) is 4.84 Å². The minimum absolute atomic E-state index is 0.248. The Hall–Kier alpha value is -0.570. The highest BCUT2D eigenvalue weighted by molar-refractivity contribution is 5.91. The number of hydrogen-bond donors (Lipinski definition) is 1. The first-order valence-corrected chi connectivity index (χ1v) is 5.01. The summed E-state index contributed by atoms with van der Waals surface area (Å²) >= 11 is 0. The predicted octanol–water partition coefficient (Wildman–Crippen LogP) is 1.42. The van der Waals surface area contributed by atoms with E-state index in [0.29, 0.717) is 5.92 Å².